The molecule has 170 valence electrons. The monoisotopic (exact) mass is 432 g/mol. The molecule has 1 unspecified atom stereocenters. The smallest absolute Gasteiger partial charge is 0.0605 e. The summed E-state index contributed by atoms with van der Waals surface area (Å²) in [6.45, 7) is 3.77. The van der Waals surface area contributed by atoms with Crippen LogP contribution >= 0.6 is 0 Å². The van der Waals surface area contributed by atoms with Gasteiger partial charge in [0, 0.05) is 55.1 Å². The van der Waals surface area contributed by atoms with Crippen LogP contribution in [0.15, 0.2) is 54.4 Å². The van der Waals surface area contributed by atoms with E-state index in [-0.39, 0.29) is 6.04 Å². The molecule has 0 aliphatic carbocycles. The Labute approximate surface area is 192 Å². The van der Waals surface area contributed by atoms with Gasteiger partial charge >= 0.3 is 0 Å². The summed E-state index contributed by atoms with van der Waals surface area (Å²) in [6, 6.07) is 15.1. The Bertz CT molecular complexity index is 1000. The highest BCUT2D eigenvalue weighted by Crippen LogP contribution is 2.34. The number of nitrogens with zero attached hydrogens (tertiary/aromatic N) is 1. The Hall–Kier alpha value is -3.25. The van der Waals surface area contributed by atoms with Gasteiger partial charge in [-0.3, -0.25) is 0 Å². The largest absolute Gasteiger partial charge is 0.401 e. The Kier molecular flexibility index (Phi) is 7.95. The third-order valence-corrected chi connectivity index (χ3v) is 5.79. The van der Waals surface area contributed by atoms with Crippen molar-refractivity contribution < 1.29 is 0 Å². The predicted molar refractivity (Wildman–Crippen MR) is 137 cm³/mol. The number of hydrogen-bond acceptors (Lipinski definition) is 6. The van der Waals surface area contributed by atoms with Crippen LogP contribution in [-0.4, -0.2) is 45.3 Å². The molecular weight excluding hydrogens is 396 g/mol. The van der Waals surface area contributed by atoms with E-state index >= 15 is 0 Å². The van der Waals surface area contributed by atoms with Crippen LogP contribution in [0.4, 0.5) is 5.69 Å². The molecule has 2 aromatic rings. The number of nitrogens with two attached hydrogens (primary N) is 1. The standard InChI is InChI=1S/C26H36N6/c1-18(28)26-22-10-9-20(21(16-27)17-29-2)15-23(22)25(11-13-30-26)31-24-8-6-5-7-19(24)12-14-32(3)4/h5-10,15-17,25,27,29-31H,11-14,28H2,1-4H3/b21-17+,26-18-,27-16?. The molecule has 0 fully saturated rings. The maximum Gasteiger partial charge on any atom is 0.0605 e. The fourth-order valence-electron chi connectivity index (χ4n) is 4.13. The number of likely N-dealkylation sites (N-methyl/N-ethyl adjacent to an activating group) is 1. The molecule has 3 rings (SSSR count). The van der Waals surface area contributed by atoms with Crippen LogP contribution in [0.2, 0.25) is 0 Å². The van der Waals surface area contributed by atoms with Gasteiger partial charge in [0.25, 0.3) is 0 Å². The third-order valence-electron chi connectivity index (χ3n) is 5.79. The molecule has 6 nitrogen and oxygen atoms in total. The van der Waals surface area contributed by atoms with Gasteiger partial charge in [0.2, 0.25) is 0 Å². The van der Waals surface area contributed by atoms with Crippen molar-refractivity contribution >= 4 is 23.2 Å². The van der Waals surface area contributed by atoms with Crippen molar-refractivity contribution in [2.24, 2.45) is 5.73 Å². The first kappa shape index (κ1) is 23.4. The van der Waals surface area contributed by atoms with Crippen molar-refractivity contribution in [2.45, 2.75) is 25.8 Å². The number of benzene rings is 2. The summed E-state index contributed by atoms with van der Waals surface area (Å²) >= 11 is 0. The number of allylic oxidation sites excluding steroid dienone is 2. The molecule has 1 atom stereocenters. The van der Waals surface area contributed by atoms with E-state index in [2.05, 4.69) is 77.4 Å². The lowest BCUT2D eigenvalue weighted by Gasteiger charge is -2.23. The predicted octanol–water partition coefficient (Wildman–Crippen LogP) is 3.79. The minimum atomic E-state index is 0.122. The average Bonchev–Trinajstić information content (AvgIpc) is 2.96. The molecule has 1 aliphatic rings. The van der Waals surface area contributed by atoms with Gasteiger partial charge < -0.3 is 32.0 Å². The Morgan fingerprint density at radius 1 is 1.25 bits per heavy atom. The molecule has 0 saturated carbocycles. The SMILES string of the molecule is CN/C=C(\C=N)c1ccc2c(c1)C(Nc1ccccc1CCN(C)C)CCN/C2=C(/C)N. The van der Waals surface area contributed by atoms with Crippen LogP contribution in [0.1, 0.15) is 41.6 Å². The van der Waals surface area contributed by atoms with Crippen LogP contribution in [-0.2, 0) is 6.42 Å². The Morgan fingerprint density at radius 2 is 2.03 bits per heavy atom. The van der Waals surface area contributed by atoms with Crippen molar-refractivity contribution in [3.63, 3.8) is 0 Å². The lowest BCUT2D eigenvalue weighted by atomic mass is 9.92. The minimum absolute atomic E-state index is 0.122. The summed E-state index contributed by atoms with van der Waals surface area (Å²) in [7, 11) is 6.06. The van der Waals surface area contributed by atoms with E-state index in [0.717, 1.165) is 54.0 Å². The molecule has 32 heavy (non-hydrogen) atoms. The summed E-state index contributed by atoms with van der Waals surface area (Å²) in [5.74, 6) is 0. The van der Waals surface area contributed by atoms with Crippen molar-refractivity contribution in [1.29, 1.82) is 5.41 Å². The molecule has 0 amide bonds. The first-order valence-corrected chi connectivity index (χ1v) is 11.2. The molecule has 1 heterocycles. The summed E-state index contributed by atoms with van der Waals surface area (Å²) in [6.07, 6.45) is 5.15. The average molecular weight is 433 g/mol. The summed E-state index contributed by atoms with van der Waals surface area (Å²) in [5.41, 5.74) is 14.7. The van der Waals surface area contributed by atoms with Crippen LogP contribution in [0.3, 0.4) is 0 Å². The third kappa shape index (κ3) is 5.51. The van der Waals surface area contributed by atoms with Crippen LogP contribution in [0.25, 0.3) is 11.3 Å². The van der Waals surface area contributed by atoms with Crippen LogP contribution in [0.5, 0.6) is 0 Å². The van der Waals surface area contributed by atoms with Gasteiger partial charge in [0.05, 0.1) is 11.7 Å². The molecule has 0 radical (unpaired) electrons. The first-order valence-electron chi connectivity index (χ1n) is 11.2. The van der Waals surface area contributed by atoms with Gasteiger partial charge in [-0.15, -0.1) is 0 Å². The number of fused-ring (bicyclic) bond motifs is 1. The van der Waals surface area contributed by atoms with Gasteiger partial charge in [-0.1, -0.05) is 30.3 Å². The highest BCUT2D eigenvalue weighted by atomic mass is 15.0. The summed E-state index contributed by atoms with van der Waals surface area (Å²) < 4.78 is 0. The zero-order chi connectivity index (χ0) is 23.1. The van der Waals surface area contributed by atoms with Gasteiger partial charge in [0.15, 0.2) is 0 Å². The van der Waals surface area contributed by atoms with E-state index in [1.54, 1.807) is 0 Å². The van der Waals surface area contributed by atoms with Crippen molar-refractivity contribution in [3.05, 3.63) is 76.6 Å². The quantitative estimate of drug-likeness (QED) is 0.410. The Balaban J connectivity index is 2.05. The first-order chi connectivity index (χ1) is 15.4. The fourth-order valence-corrected chi connectivity index (χ4v) is 4.13. The van der Waals surface area contributed by atoms with E-state index < -0.39 is 0 Å². The van der Waals surface area contributed by atoms with Gasteiger partial charge in [-0.25, -0.2) is 0 Å². The highest BCUT2D eigenvalue weighted by Gasteiger charge is 2.23. The van der Waals surface area contributed by atoms with Crippen molar-refractivity contribution in [1.82, 2.24) is 15.5 Å². The van der Waals surface area contributed by atoms with Gasteiger partial charge in [-0.2, -0.15) is 0 Å². The van der Waals surface area contributed by atoms with Gasteiger partial charge in [0.1, 0.15) is 0 Å². The van der Waals surface area contributed by atoms with E-state index in [1.165, 1.54) is 23.0 Å². The fraction of sp³-hybridized carbons (Fsp3) is 0.346. The molecule has 6 N–H and O–H groups in total. The van der Waals surface area contributed by atoms with E-state index in [1.807, 2.05) is 20.2 Å². The van der Waals surface area contributed by atoms with E-state index in [9.17, 15) is 0 Å². The zero-order valence-corrected chi connectivity index (χ0v) is 19.6. The van der Waals surface area contributed by atoms with Crippen LogP contribution < -0.4 is 21.7 Å². The number of hydrogen-bond donors (Lipinski definition) is 5. The molecule has 6 heteroatoms. The molecule has 0 bridgehead atoms. The Morgan fingerprint density at radius 3 is 2.72 bits per heavy atom. The minimum Gasteiger partial charge on any atom is -0.401 e. The second kappa shape index (κ2) is 10.9. The van der Waals surface area contributed by atoms with Crippen molar-refractivity contribution in [3.8, 4) is 0 Å². The van der Waals surface area contributed by atoms with E-state index in [4.69, 9.17) is 11.1 Å². The van der Waals surface area contributed by atoms with Gasteiger partial charge in [-0.05, 0) is 62.7 Å². The normalized spacial score (nSPS) is 17.8. The lowest BCUT2D eigenvalue weighted by Crippen LogP contribution is -2.18. The lowest BCUT2D eigenvalue weighted by molar-refractivity contribution is 0.414. The van der Waals surface area contributed by atoms with E-state index in [0.29, 0.717) is 0 Å². The molecule has 1 aliphatic heterocycles. The second-order valence-electron chi connectivity index (χ2n) is 8.52. The molecular formula is C26H36N6. The molecule has 0 aromatic heterocycles. The highest BCUT2D eigenvalue weighted by molar-refractivity contribution is 6.08. The second-order valence-corrected chi connectivity index (χ2v) is 8.52. The molecule has 2 aromatic carbocycles. The number of nitrogens with one attached hydrogen (secondary N) is 4. The number of para-hydroxylation sites is 1. The topological polar surface area (TPSA) is 89.2 Å². The molecule has 0 saturated heterocycles. The number of anilines is 1. The zero-order valence-electron chi connectivity index (χ0n) is 19.6. The summed E-state index contributed by atoms with van der Waals surface area (Å²) in [5, 5.41) is 18.2. The molecule has 0 spiro atoms. The maximum atomic E-state index is 7.84. The maximum absolute atomic E-state index is 7.84. The summed E-state index contributed by atoms with van der Waals surface area (Å²) in [4.78, 5) is 2.21. The van der Waals surface area contributed by atoms with Crippen molar-refractivity contribution in [2.75, 3.05) is 39.5 Å². The number of rotatable bonds is 8. The van der Waals surface area contributed by atoms with Crippen LogP contribution in [0, 0.1) is 5.41 Å².